The molecule has 0 aliphatic rings. The van der Waals surface area contributed by atoms with Crippen LogP contribution in [-0.2, 0) is 12.8 Å². The van der Waals surface area contributed by atoms with Crippen LogP contribution < -0.4 is 10.6 Å². The van der Waals surface area contributed by atoms with Crippen molar-refractivity contribution in [1.82, 2.24) is 29.1 Å². The molecule has 0 fully saturated rings. The topological polar surface area (TPSA) is 61.4 Å². The molecule has 0 saturated carbocycles. The smallest absolute Gasteiger partial charge is 0.158 e. The van der Waals surface area contributed by atoms with E-state index < -0.39 is 8.07 Å². The van der Waals surface area contributed by atoms with Crippen LogP contribution in [0.1, 0.15) is 50.2 Å². The maximum absolute atomic E-state index is 5.25. The van der Waals surface area contributed by atoms with E-state index in [0.29, 0.717) is 11.8 Å². The van der Waals surface area contributed by atoms with Gasteiger partial charge in [0, 0.05) is 54.9 Å². The summed E-state index contributed by atoms with van der Waals surface area (Å²) in [6.45, 7) is 18.1. The van der Waals surface area contributed by atoms with Crippen LogP contribution in [0.2, 0.25) is 13.1 Å². The summed E-state index contributed by atoms with van der Waals surface area (Å²) in [5.74, 6) is 1.05. The Morgan fingerprint density at radius 2 is 0.882 bits per heavy atom. The third kappa shape index (κ3) is 5.83. The Hall–Kier alpha value is -5.14. The first kappa shape index (κ1) is 33.0. The molecule has 6 aromatic heterocycles. The summed E-state index contributed by atoms with van der Waals surface area (Å²) >= 11 is 0. The van der Waals surface area contributed by atoms with Crippen molar-refractivity contribution < 1.29 is 0 Å². The number of rotatable bonds is 8. The minimum atomic E-state index is -2.37. The van der Waals surface area contributed by atoms with Gasteiger partial charge in [0.05, 0.1) is 46.9 Å². The molecule has 0 radical (unpaired) electrons. The second-order valence-corrected chi connectivity index (χ2v) is 20.0. The lowest BCUT2D eigenvalue weighted by molar-refractivity contribution is 0.636. The van der Waals surface area contributed by atoms with Gasteiger partial charge in [-0.05, 0) is 98.2 Å². The van der Waals surface area contributed by atoms with Crippen molar-refractivity contribution in [2.75, 3.05) is 0 Å². The Morgan fingerprint density at radius 3 is 1.25 bits per heavy atom. The highest BCUT2D eigenvalue weighted by Crippen LogP contribution is 2.34. The average Bonchev–Trinajstić information content (AvgIpc) is 3.59. The largest absolute Gasteiger partial charge is 0.306 e. The number of aryl methyl sites for hydroxylation is 2. The van der Waals surface area contributed by atoms with Crippen LogP contribution in [0.5, 0.6) is 0 Å². The van der Waals surface area contributed by atoms with Crippen LogP contribution in [0, 0.1) is 25.7 Å². The van der Waals surface area contributed by atoms with Gasteiger partial charge in [-0.1, -0.05) is 65.1 Å². The summed E-state index contributed by atoms with van der Waals surface area (Å²) < 4.78 is 4.64. The highest BCUT2D eigenvalue weighted by Gasteiger charge is 2.32. The zero-order valence-corrected chi connectivity index (χ0v) is 32.0. The number of fused-ring (bicyclic) bond motifs is 6. The third-order valence-corrected chi connectivity index (χ3v) is 13.3. The zero-order chi connectivity index (χ0) is 35.6. The molecule has 256 valence electrons. The number of pyridine rings is 4. The number of hydrogen-bond donors (Lipinski definition) is 0. The summed E-state index contributed by atoms with van der Waals surface area (Å²) in [5, 5.41) is 7.12. The van der Waals surface area contributed by atoms with Crippen LogP contribution in [0.4, 0.5) is 0 Å². The van der Waals surface area contributed by atoms with E-state index in [9.17, 15) is 0 Å². The number of nitrogens with zero attached hydrogens (tertiary/aromatic N) is 6. The van der Waals surface area contributed by atoms with Crippen molar-refractivity contribution in [3.05, 3.63) is 120 Å². The standard InChI is InChI=1S/C44H46N6Si/c1-27(2)15-31-19-35-37-21-43(47-25-41(37)49(39(35)23-45-31)33-13-9-11-29(5)17-33)51(7,8)44-22-38-36-20-32(16-28(3)4)46-24-40(36)50(42(38)26-48-44)34-14-10-12-30(6)18-34/h9-14,17-28H,15-16H2,1-8H3. The van der Waals surface area contributed by atoms with E-state index in [1.807, 2.05) is 0 Å². The van der Waals surface area contributed by atoms with Gasteiger partial charge in [-0.2, -0.15) is 0 Å². The lowest BCUT2D eigenvalue weighted by Crippen LogP contribution is -2.55. The van der Waals surface area contributed by atoms with Crippen molar-refractivity contribution >= 4 is 62.3 Å². The molecule has 7 heteroatoms. The van der Waals surface area contributed by atoms with Crippen LogP contribution in [-0.4, -0.2) is 37.1 Å². The van der Waals surface area contributed by atoms with Crippen LogP contribution >= 0.6 is 0 Å². The molecule has 0 spiro atoms. The second-order valence-electron chi connectivity index (χ2n) is 15.7. The molecule has 51 heavy (non-hydrogen) atoms. The summed E-state index contributed by atoms with van der Waals surface area (Å²) in [4.78, 5) is 20.3. The van der Waals surface area contributed by atoms with E-state index in [-0.39, 0.29) is 0 Å². The van der Waals surface area contributed by atoms with E-state index in [4.69, 9.17) is 19.9 Å². The fourth-order valence-corrected chi connectivity index (χ4v) is 9.73. The molecule has 0 atom stereocenters. The molecule has 0 aliphatic heterocycles. The summed E-state index contributed by atoms with van der Waals surface area (Å²) in [7, 11) is -2.37. The molecule has 0 saturated heterocycles. The molecule has 0 aliphatic carbocycles. The normalized spacial score (nSPS) is 12.4. The monoisotopic (exact) mass is 686 g/mol. The van der Waals surface area contributed by atoms with Gasteiger partial charge >= 0.3 is 0 Å². The van der Waals surface area contributed by atoms with Crippen molar-refractivity contribution in [1.29, 1.82) is 0 Å². The van der Waals surface area contributed by atoms with Gasteiger partial charge in [-0.15, -0.1) is 0 Å². The molecule has 0 bridgehead atoms. The Balaban J connectivity index is 1.32. The van der Waals surface area contributed by atoms with Gasteiger partial charge in [-0.25, -0.2) is 0 Å². The molecule has 0 amide bonds. The van der Waals surface area contributed by atoms with Gasteiger partial charge in [-0.3, -0.25) is 19.9 Å². The van der Waals surface area contributed by atoms with Crippen molar-refractivity contribution in [3.63, 3.8) is 0 Å². The van der Waals surface area contributed by atoms with Gasteiger partial charge in [0.25, 0.3) is 0 Å². The second kappa shape index (κ2) is 12.6. The van der Waals surface area contributed by atoms with Crippen molar-refractivity contribution in [3.8, 4) is 11.4 Å². The Morgan fingerprint density at radius 1 is 0.510 bits per heavy atom. The maximum Gasteiger partial charge on any atom is 0.158 e. The van der Waals surface area contributed by atoms with Gasteiger partial charge in [0.15, 0.2) is 8.07 Å². The number of hydrogen-bond acceptors (Lipinski definition) is 4. The summed E-state index contributed by atoms with van der Waals surface area (Å²) in [5.41, 5.74) is 11.4. The molecule has 0 unspecified atom stereocenters. The molecule has 8 aromatic rings. The first-order chi connectivity index (χ1) is 24.5. The summed E-state index contributed by atoms with van der Waals surface area (Å²) in [6.07, 6.45) is 10.2. The minimum Gasteiger partial charge on any atom is -0.306 e. The van der Waals surface area contributed by atoms with Gasteiger partial charge in [0.2, 0.25) is 0 Å². The molecule has 6 heterocycles. The van der Waals surface area contributed by atoms with E-state index in [1.54, 1.807) is 0 Å². The Labute approximate surface area is 301 Å². The van der Waals surface area contributed by atoms with E-state index in [0.717, 1.165) is 68.3 Å². The molecule has 0 N–H and O–H groups in total. The highest BCUT2D eigenvalue weighted by atomic mass is 28.3. The van der Waals surface area contributed by atoms with E-state index in [2.05, 4.69) is 161 Å². The average molecular weight is 687 g/mol. The first-order valence-corrected chi connectivity index (χ1v) is 21.2. The van der Waals surface area contributed by atoms with Crippen LogP contribution in [0.25, 0.3) is 55.0 Å². The van der Waals surface area contributed by atoms with Crippen LogP contribution in [0.3, 0.4) is 0 Å². The predicted molar refractivity (Wildman–Crippen MR) is 216 cm³/mol. The fourth-order valence-electron chi connectivity index (χ4n) is 7.68. The lowest BCUT2D eigenvalue weighted by Gasteiger charge is -2.21. The fraction of sp³-hybridized carbons (Fsp3) is 0.273. The molecule has 6 nitrogen and oxygen atoms in total. The van der Waals surface area contributed by atoms with Crippen molar-refractivity contribution in [2.24, 2.45) is 11.8 Å². The quantitative estimate of drug-likeness (QED) is 0.150. The summed E-state index contributed by atoms with van der Waals surface area (Å²) in [6, 6.07) is 26.7. The zero-order valence-electron chi connectivity index (χ0n) is 31.0. The Bertz CT molecular complexity index is 2430. The number of aromatic nitrogens is 6. The Kier molecular flexibility index (Phi) is 8.14. The molecular weight excluding hydrogens is 641 g/mol. The predicted octanol–water partition coefficient (Wildman–Crippen LogP) is 9.30. The minimum absolute atomic E-state index is 0.527. The van der Waals surface area contributed by atoms with Crippen LogP contribution in [0.15, 0.2) is 97.6 Å². The maximum atomic E-state index is 5.25. The highest BCUT2D eigenvalue weighted by molar-refractivity contribution is 6.99. The van der Waals surface area contributed by atoms with Gasteiger partial charge in [0.1, 0.15) is 0 Å². The van der Waals surface area contributed by atoms with Gasteiger partial charge < -0.3 is 9.13 Å². The van der Waals surface area contributed by atoms with E-state index >= 15 is 0 Å². The number of benzene rings is 2. The molecular formula is C44H46N6Si. The van der Waals surface area contributed by atoms with Crippen molar-refractivity contribution in [2.45, 2.75) is 67.5 Å². The first-order valence-electron chi connectivity index (χ1n) is 18.2. The lowest BCUT2D eigenvalue weighted by atomic mass is 10.1. The SMILES string of the molecule is Cc1cccc(-n2c3cnc(CC(C)C)cc3c3cc([Si](C)(C)c4cc5c6cc(CC(C)C)ncc6n(-c6cccc(C)c6)c5cn4)ncc32)c1. The molecule has 8 rings (SSSR count). The van der Waals surface area contributed by atoms with E-state index in [1.165, 1.54) is 32.7 Å². The molecule has 2 aromatic carbocycles. The third-order valence-electron chi connectivity index (χ3n) is 10.2.